The quantitative estimate of drug-likeness (QED) is 0.848. The molecule has 3 rings (SSSR count). The van der Waals surface area contributed by atoms with E-state index in [1.165, 1.54) is 25.7 Å². The van der Waals surface area contributed by atoms with E-state index in [1.54, 1.807) is 7.11 Å². The lowest BCUT2D eigenvalue weighted by molar-refractivity contribution is -0.135. The van der Waals surface area contributed by atoms with Crippen molar-refractivity contribution in [3.63, 3.8) is 0 Å². The molecular formula is C15H27ClN2O2. The molecule has 1 N–H and O–H groups in total. The Balaban J connectivity index is 0.00000147. The summed E-state index contributed by atoms with van der Waals surface area (Å²) in [6.45, 7) is 1.73. The van der Waals surface area contributed by atoms with Gasteiger partial charge in [0.1, 0.15) is 0 Å². The van der Waals surface area contributed by atoms with Gasteiger partial charge < -0.3 is 15.0 Å². The second kappa shape index (κ2) is 7.10. The Morgan fingerprint density at radius 2 is 1.85 bits per heavy atom. The molecule has 1 saturated carbocycles. The van der Waals surface area contributed by atoms with Gasteiger partial charge >= 0.3 is 0 Å². The zero-order valence-electron chi connectivity index (χ0n) is 12.3. The third-order valence-corrected chi connectivity index (χ3v) is 5.25. The van der Waals surface area contributed by atoms with Crippen molar-refractivity contribution in [2.45, 2.75) is 63.1 Å². The largest absolute Gasteiger partial charge is 0.381 e. The number of ether oxygens (including phenoxy) is 1. The Morgan fingerprint density at radius 1 is 1.15 bits per heavy atom. The summed E-state index contributed by atoms with van der Waals surface area (Å²) < 4.78 is 5.37. The number of hydrogen-bond acceptors (Lipinski definition) is 3. The predicted molar refractivity (Wildman–Crippen MR) is 81.1 cm³/mol. The van der Waals surface area contributed by atoms with Crippen LogP contribution in [0.1, 0.15) is 44.9 Å². The van der Waals surface area contributed by atoms with E-state index < -0.39 is 0 Å². The number of carbonyl (C=O) groups excluding carboxylic acids is 1. The van der Waals surface area contributed by atoms with Crippen LogP contribution in [0.2, 0.25) is 0 Å². The van der Waals surface area contributed by atoms with Crippen LogP contribution in [0, 0.1) is 5.92 Å². The monoisotopic (exact) mass is 302 g/mol. The summed E-state index contributed by atoms with van der Waals surface area (Å²) in [4.78, 5) is 14.6. The number of nitrogens with zero attached hydrogens (tertiary/aromatic N) is 1. The minimum atomic E-state index is 0. The molecule has 5 heteroatoms. The first kappa shape index (κ1) is 16.1. The molecule has 1 aliphatic carbocycles. The van der Waals surface area contributed by atoms with E-state index in [0.717, 1.165) is 38.3 Å². The second-order valence-electron chi connectivity index (χ2n) is 6.37. The standard InChI is InChI=1S/C15H26N2O2.ClH/c1-19-12-6-8-17(9-7-12)15(18)14-10-11-4-2-3-5-13(11)16-14;/h11-14,16H,2-10H2,1H3;1H. The average molecular weight is 303 g/mol. The molecular weight excluding hydrogens is 276 g/mol. The molecule has 1 amide bonds. The summed E-state index contributed by atoms with van der Waals surface area (Å²) in [5, 5.41) is 3.59. The highest BCUT2D eigenvalue weighted by Gasteiger charge is 2.40. The lowest BCUT2D eigenvalue weighted by Gasteiger charge is -2.33. The molecule has 0 bridgehead atoms. The first-order valence-corrected chi connectivity index (χ1v) is 7.85. The molecule has 3 fully saturated rings. The van der Waals surface area contributed by atoms with Gasteiger partial charge in [0.05, 0.1) is 12.1 Å². The maximum atomic E-state index is 12.6. The number of piperidine rings is 1. The van der Waals surface area contributed by atoms with Crippen LogP contribution in [0.25, 0.3) is 0 Å². The van der Waals surface area contributed by atoms with Crippen molar-refractivity contribution in [1.29, 1.82) is 0 Å². The molecule has 0 radical (unpaired) electrons. The maximum absolute atomic E-state index is 12.6. The lowest BCUT2D eigenvalue weighted by atomic mass is 9.85. The molecule has 0 aromatic rings. The van der Waals surface area contributed by atoms with Crippen molar-refractivity contribution in [3.05, 3.63) is 0 Å². The molecule has 3 unspecified atom stereocenters. The van der Waals surface area contributed by atoms with Crippen LogP contribution in [0.15, 0.2) is 0 Å². The van der Waals surface area contributed by atoms with E-state index in [4.69, 9.17) is 4.74 Å². The number of nitrogens with one attached hydrogen (secondary N) is 1. The maximum Gasteiger partial charge on any atom is 0.239 e. The SMILES string of the molecule is COC1CCN(C(=O)C2CC3CCCCC3N2)CC1.Cl. The van der Waals surface area contributed by atoms with Crippen LogP contribution < -0.4 is 5.32 Å². The number of likely N-dealkylation sites (tertiary alicyclic amines) is 1. The Hall–Kier alpha value is -0.320. The molecule has 3 atom stereocenters. The smallest absolute Gasteiger partial charge is 0.239 e. The van der Waals surface area contributed by atoms with Crippen molar-refractivity contribution in [2.24, 2.45) is 5.92 Å². The normalized spacial score (nSPS) is 34.5. The number of amides is 1. The summed E-state index contributed by atoms with van der Waals surface area (Å²) >= 11 is 0. The van der Waals surface area contributed by atoms with Crippen LogP contribution in [-0.2, 0) is 9.53 Å². The van der Waals surface area contributed by atoms with Crippen LogP contribution in [0.5, 0.6) is 0 Å². The van der Waals surface area contributed by atoms with Gasteiger partial charge in [0.25, 0.3) is 0 Å². The summed E-state index contributed by atoms with van der Waals surface area (Å²) in [5.41, 5.74) is 0. The van der Waals surface area contributed by atoms with E-state index in [9.17, 15) is 4.79 Å². The third-order valence-electron chi connectivity index (χ3n) is 5.25. The van der Waals surface area contributed by atoms with E-state index in [0.29, 0.717) is 18.1 Å². The molecule has 0 aromatic heterocycles. The lowest BCUT2D eigenvalue weighted by Crippen LogP contribution is -2.49. The summed E-state index contributed by atoms with van der Waals surface area (Å²) in [6.07, 6.45) is 8.64. The zero-order valence-corrected chi connectivity index (χ0v) is 13.2. The molecule has 2 heterocycles. The number of methoxy groups -OCH3 is 1. The minimum Gasteiger partial charge on any atom is -0.381 e. The van der Waals surface area contributed by atoms with Crippen molar-refractivity contribution in [2.75, 3.05) is 20.2 Å². The average Bonchev–Trinajstić information content (AvgIpc) is 2.90. The molecule has 20 heavy (non-hydrogen) atoms. The van der Waals surface area contributed by atoms with Gasteiger partial charge in [0, 0.05) is 26.2 Å². The number of carbonyl (C=O) groups is 1. The highest BCUT2D eigenvalue weighted by molar-refractivity contribution is 5.85. The molecule has 116 valence electrons. The Bertz CT molecular complexity index is 318. The molecule has 0 spiro atoms. The number of fused-ring (bicyclic) bond motifs is 1. The molecule has 2 aliphatic heterocycles. The first-order chi connectivity index (χ1) is 9.28. The van der Waals surface area contributed by atoms with Crippen molar-refractivity contribution in [3.8, 4) is 0 Å². The molecule has 0 aromatic carbocycles. The highest BCUT2D eigenvalue weighted by atomic mass is 35.5. The predicted octanol–water partition coefficient (Wildman–Crippen LogP) is 1.97. The van der Waals surface area contributed by atoms with E-state index in [-0.39, 0.29) is 18.4 Å². The van der Waals surface area contributed by atoms with Gasteiger partial charge in [0.2, 0.25) is 5.91 Å². The number of hydrogen-bond donors (Lipinski definition) is 1. The fraction of sp³-hybridized carbons (Fsp3) is 0.933. The number of rotatable bonds is 2. The summed E-state index contributed by atoms with van der Waals surface area (Å²) in [7, 11) is 1.77. The first-order valence-electron chi connectivity index (χ1n) is 7.85. The van der Waals surface area contributed by atoms with E-state index in [2.05, 4.69) is 5.32 Å². The highest BCUT2D eigenvalue weighted by Crippen LogP contribution is 2.33. The second-order valence-corrected chi connectivity index (χ2v) is 6.37. The van der Waals surface area contributed by atoms with Crippen molar-refractivity contribution >= 4 is 18.3 Å². The van der Waals surface area contributed by atoms with Gasteiger partial charge in [-0.25, -0.2) is 0 Å². The van der Waals surface area contributed by atoms with Crippen LogP contribution >= 0.6 is 12.4 Å². The Labute approximate surface area is 128 Å². The molecule has 2 saturated heterocycles. The Morgan fingerprint density at radius 3 is 2.50 bits per heavy atom. The van der Waals surface area contributed by atoms with Gasteiger partial charge in [-0.3, -0.25) is 4.79 Å². The van der Waals surface area contributed by atoms with Crippen LogP contribution in [0.3, 0.4) is 0 Å². The van der Waals surface area contributed by atoms with Gasteiger partial charge in [-0.05, 0) is 38.0 Å². The van der Waals surface area contributed by atoms with Gasteiger partial charge in [-0.1, -0.05) is 12.8 Å². The molecule has 3 aliphatic rings. The summed E-state index contributed by atoms with van der Waals surface area (Å²) in [5.74, 6) is 1.09. The van der Waals surface area contributed by atoms with Crippen molar-refractivity contribution < 1.29 is 9.53 Å². The van der Waals surface area contributed by atoms with Gasteiger partial charge in [0.15, 0.2) is 0 Å². The zero-order chi connectivity index (χ0) is 13.2. The van der Waals surface area contributed by atoms with Crippen LogP contribution in [-0.4, -0.2) is 49.2 Å². The summed E-state index contributed by atoms with van der Waals surface area (Å²) in [6, 6.07) is 0.700. The fourth-order valence-corrected chi connectivity index (χ4v) is 4.04. The van der Waals surface area contributed by atoms with E-state index >= 15 is 0 Å². The topological polar surface area (TPSA) is 41.6 Å². The van der Waals surface area contributed by atoms with Crippen molar-refractivity contribution in [1.82, 2.24) is 10.2 Å². The number of halogens is 1. The van der Waals surface area contributed by atoms with E-state index in [1.807, 2.05) is 4.90 Å². The minimum absolute atomic E-state index is 0. The van der Waals surface area contributed by atoms with Crippen LogP contribution in [0.4, 0.5) is 0 Å². The third kappa shape index (κ3) is 3.29. The fourth-order valence-electron chi connectivity index (χ4n) is 4.04. The molecule has 4 nitrogen and oxygen atoms in total. The van der Waals surface area contributed by atoms with Gasteiger partial charge in [-0.15, -0.1) is 12.4 Å². The van der Waals surface area contributed by atoms with Gasteiger partial charge in [-0.2, -0.15) is 0 Å². The Kier molecular flexibility index (Phi) is 5.70.